The molecule has 0 aromatic carbocycles. The lowest BCUT2D eigenvalue weighted by Gasteiger charge is -2.37. The van der Waals surface area contributed by atoms with Gasteiger partial charge in [0, 0.05) is 24.9 Å². The van der Waals surface area contributed by atoms with Gasteiger partial charge in [-0.05, 0) is 25.2 Å². The Morgan fingerprint density at radius 3 is 2.60 bits per heavy atom. The molecule has 1 atom stereocenters. The van der Waals surface area contributed by atoms with Crippen molar-refractivity contribution in [1.82, 2.24) is 4.90 Å². The zero-order chi connectivity index (χ0) is 11.3. The summed E-state index contributed by atoms with van der Waals surface area (Å²) in [7, 11) is 0. The third-order valence-electron chi connectivity index (χ3n) is 3.38. The predicted molar refractivity (Wildman–Crippen MR) is 64.1 cm³/mol. The van der Waals surface area contributed by atoms with Crippen LogP contribution in [0.1, 0.15) is 46.0 Å². The minimum atomic E-state index is 0.301. The van der Waals surface area contributed by atoms with Crippen molar-refractivity contribution in [3.63, 3.8) is 0 Å². The van der Waals surface area contributed by atoms with Crippen molar-refractivity contribution in [2.75, 3.05) is 12.4 Å². The average Bonchev–Trinajstić information content (AvgIpc) is 2.14. The average molecular weight is 232 g/mol. The monoisotopic (exact) mass is 231 g/mol. The second-order valence-corrected chi connectivity index (χ2v) is 4.96. The summed E-state index contributed by atoms with van der Waals surface area (Å²) in [4.78, 5) is 14.0. The third-order valence-corrected chi connectivity index (χ3v) is 3.55. The van der Waals surface area contributed by atoms with Gasteiger partial charge >= 0.3 is 0 Å². The summed E-state index contributed by atoms with van der Waals surface area (Å²) >= 11 is 5.74. The van der Waals surface area contributed by atoms with E-state index in [1.54, 1.807) is 0 Å². The third kappa shape index (κ3) is 3.67. The lowest BCUT2D eigenvalue weighted by Crippen LogP contribution is -2.45. The van der Waals surface area contributed by atoms with Crippen LogP contribution in [0.15, 0.2) is 0 Å². The highest BCUT2D eigenvalue weighted by Crippen LogP contribution is 2.26. The number of hydrogen-bond donors (Lipinski definition) is 0. The smallest absolute Gasteiger partial charge is 0.223 e. The minimum Gasteiger partial charge on any atom is -0.339 e. The lowest BCUT2D eigenvalue weighted by molar-refractivity contribution is -0.135. The molecule has 0 bridgehead atoms. The van der Waals surface area contributed by atoms with Crippen LogP contribution in [-0.2, 0) is 4.79 Å². The second-order valence-electron chi connectivity index (χ2n) is 4.58. The zero-order valence-corrected chi connectivity index (χ0v) is 10.6. The van der Waals surface area contributed by atoms with Crippen molar-refractivity contribution in [3.8, 4) is 0 Å². The highest BCUT2D eigenvalue weighted by molar-refractivity contribution is 6.18. The maximum Gasteiger partial charge on any atom is 0.223 e. The van der Waals surface area contributed by atoms with Crippen LogP contribution >= 0.6 is 11.6 Å². The summed E-state index contributed by atoms with van der Waals surface area (Å²) in [5.41, 5.74) is 0. The summed E-state index contributed by atoms with van der Waals surface area (Å²) < 4.78 is 0. The number of rotatable bonds is 6. The molecule has 88 valence electrons. The van der Waals surface area contributed by atoms with E-state index in [-0.39, 0.29) is 0 Å². The Kier molecular flexibility index (Phi) is 5.44. The largest absolute Gasteiger partial charge is 0.339 e. The van der Waals surface area contributed by atoms with Gasteiger partial charge in [-0.25, -0.2) is 0 Å². The number of alkyl halides is 1. The van der Waals surface area contributed by atoms with Crippen LogP contribution in [0.2, 0.25) is 0 Å². The Morgan fingerprint density at radius 1 is 1.53 bits per heavy atom. The van der Waals surface area contributed by atoms with E-state index in [9.17, 15) is 4.79 Å². The molecule has 3 heteroatoms. The molecule has 0 aromatic rings. The minimum absolute atomic E-state index is 0.301. The van der Waals surface area contributed by atoms with Gasteiger partial charge in [0.25, 0.3) is 0 Å². The van der Waals surface area contributed by atoms with Crippen LogP contribution in [-0.4, -0.2) is 29.3 Å². The van der Waals surface area contributed by atoms with Crippen molar-refractivity contribution in [1.29, 1.82) is 0 Å². The van der Waals surface area contributed by atoms with E-state index in [1.165, 1.54) is 19.3 Å². The van der Waals surface area contributed by atoms with Crippen LogP contribution < -0.4 is 0 Å². The van der Waals surface area contributed by atoms with E-state index in [4.69, 9.17) is 11.6 Å². The van der Waals surface area contributed by atoms with E-state index >= 15 is 0 Å². The second kappa shape index (κ2) is 6.37. The molecule has 15 heavy (non-hydrogen) atoms. The fourth-order valence-electron chi connectivity index (χ4n) is 1.86. The van der Waals surface area contributed by atoms with Gasteiger partial charge in [-0.3, -0.25) is 4.79 Å². The van der Waals surface area contributed by atoms with Gasteiger partial charge < -0.3 is 4.90 Å². The first-order valence-corrected chi connectivity index (χ1v) is 6.57. The molecule has 1 fully saturated rings. The molecule has 0 heterocycles. The summed E-state index contributed by atoms with van der Waals surface area (Å²) in [6, 6.07) is 0.486. The molecule has 2 nitrogen and oxygen atoms in total. The molecule has 0 aliphatic heterocycles. The number of nitrogens with zero attached hydrogens (tertiary/aromatic N) is 1. The van der Waals surface area contributed by atoms with Gasteiger partial charge in [-0.1, -0.05) is 20.3 Å². The first-order chi connectivity index (χ1) is 7.19. The number of carbonyl (C=O) groups excluding carboxylic acids is 1. The quantitative estimate of drug-likeness (QED) is 0.644. The molecule has 1 aliphatic carbocycles. The zero-order valence-electron chi connectivity index (χ0n) is 9.84. The van der Waals surface area contributed by atoms with Crippen LogP contribution in [0.25, 0.3) is 0 Å². The summed E-state index contributed by atoms with van der Waals surface area (Å²) in [5.74, 6) is 1.35. The van der Waals surface area contributed by atoms with E-state index in [0.717, 1.165) is 13.0 Å². The first-order valence-electron chi connectivity index (χ1n) is 6.04. The van der Waals surface area contributed by atoms with Crippen molar-refractivity contribution >= 4 is 17.5 Å². The first kappa shape index (κ1) is 12.8. The van der Waals surface area contributed by atoms with Crippen LogP contribution in [0, 0.1) is 5.92 Å². The summed E-state index contributed by atoms with van der Waals surface area (Å²) in [5, 5.41) is 0. The SMILES string of the molecule is CCC(C)CC(=O)N(CCCl)C1CCC1. The Labute approximate surface area is 98.0 Å². The molecule has 1 saturated carbocycles. The van der Waals surface area contributed by atoms with Crippen LogP contribution in [0.4, 0.5) is 0 Å². The molecule has 1 rings (SSSR count). The molecule has 0 radical (unpaired) electrons. The maximum atomic E-state index is 12.0. The summed E-state index contributed by atoms with van der Waals surface area (Å²) in [6.45, 7) is 4.99. The molecule has 0 N–H and O–H groups in total. The van der Waals surface area contributed by atoms with Crippen LogP contribution in [0.5, 0.6) is 0 Å². The molecule has 1 aliphatic rings. The summed E-state index contributed by atoms with van der Waals surface area (Å²) in [6.07, 6.45) is 5.36. The molecule has 1 amide bonds. The van der Waals surface area contributed by atoms with E-state index in [2.05, 4.69) is 13.8 Å². The van der Waals surface area contributed by atoms with E-state index < -0.39 is 0 Å². The van der Waals surface area contributed by atoms with Crippen molar-refractivity contribution in [2.45, 2.75) is 52.0 Å². The maximum absolute atomic E-state index is 12.0. The van der Waals surface area contributed by atoms with Crippen molar-refractivity contribution in [2.24, 2.45) is 5.92 Å². The number of carbonyl (C=O) groups is 1. The standard InChI is InChI=1S/C12H22ClNO/c1-3-10(2)9-12(15)14(8-7-13)11-5-4-6-11/h10-11H,3-9H2,1-2H3. The van der Waals surface area contributed by atoms with Crippen molar-refractivity contribution in [3.05, 3.63) is 0 Å². The van der Waals surface area contributed by atoms with Gasteiger partial charge in [0.05, 0.1) is 0 Å². The molecular formula is C12H22ClNO. The Bertz CT molecular complexity index is 204. The van der Waals surface area contributed by atoms with Crippen LogP contribution in [0.3, 0.4) is 0 Å². The highest BCUT2D eigenvalue weighted by atomic mass is 35.5. The van der Waals surface area contributed by atoms with E-state index in [1.807, 2.05) is 4.90 Å². The molecular weight excluding hydrogens is 210 g/mol. The number of hydrogen-bond acceptors (Lipinski definition) is 1. The fraction of sp³-hybridized carbons (Fsp3) is 0.917. The van der Waals surface area contributed by atoms with E-state index in [0.29, 0.717) is 30.2 Å². The molecule has 0 aromatic heterocycles. The van der Waals surface area contributed by atoms with Gasteiger partial charge in [-0.15, -0.1) is 11.6 Å². The van der Waals surface area contributed by atoms with Gasteiger partial charge in [-0.2, -0.15) is 0 Å². The highest BCUT2D eigenvalue weighted by Gasteiger charge is 2.28. The van der Waals surface area contributed by atoms with Gasteiger partial charge in [0.15, 0.2) is 0 Å². The Hall–Kier alpha value is -0.240. The van der Waals surface area contributed by atoms with Crippen molar-refractivity contribution < 1.29 is 4.79 Å². The number of amides is 1. The fourth-order valence-corrected chi connectivity index (χ4v) is 2.04. The molecule has 1 unspecified atom stereocenters. The number of halogens is 1. The molecule has 0 saturated heterocycles. The Balaban J connectivity index is 2.43. The molecule has 0 spiro atoms. The van der Waals surface area contributed by atoms with Gasteiger partial charge in [0.2, 0.25) is 5.91 Å². The Morgan fingerprint density at radius 2 is 2.20 bits per heavy atom. The topological polar surface area (TPSA) is 20.3 Å². The predicted octanol–water partition coefficient (Wildman–Crippen LogP) is 3.04. The normalized spacial score (nSPS) is 18.3. The van der Waals surface area contributed by atoms with Gasteiger partial charge in [0.1, 0.15) is 0 Å². The lowest BCUT2D eigenvalue weighted by atomic mass is 9.90.